The van der Waals surface area contributed by atoms with Crippen LogP contribution >= 0.6 is 0 Å². The minimum atomic E-state index is -0.152. The topological polar surface area (TPSA) is 73.9 Å². The molecule has 138 valence electrons. The highest BCUT2D eigenvalue weighted by atomic mass is 16.1. The first-order valence-corrected chi connectivity index (χ1v) is 9.21. The highest BCUT2D eigenvalue weighted by Crippen LogP contribution is 2.39. The molecule has 1 aliphatic rings. The van der Waals surface area contributed by atoms with Crippen molar-refractivity contribution in [3.05, 3.63) is 77.2 Å². The molecule has 0 bridgehead atoms. The summed E-state index contributed by atoms with van der Waals surface area (Å²) in [5.41, 5.74) is 4.03. The van der Waals surface area contributed by atoms with E-state index in [-0.39, 0.29) is 5.91 Å². The summed E-state index contributed by atoms with van der Waals surface area (Å²) in [6.07, 6.45) is 4.17. The lowest BCUT2D eigenvalue weighted by Crippen LogP contribution is -2.18. The summed E-state index contributed by atoms with van der Waals surface area (Å²) < 4.78 is 0. The number of amides is 1. The molecular weight excluding hydrogens is 338 g/mol. The summed E-state index contributed by atoms with van der Waals surface area (Å²) in [7, 11) is 2.07. The largest absolute Gasteiger partial charge is 0.307 e. The van der Waals surface area contributed by atoms with Gasteiger partial charge >= 0.3 is 0 Å². The molecule has 2 heterocycles. The quantitative estimate of drug-likeness (QED) is 0.675. The number of hydrogen-bond donors (Lipinski definition) is 2. The maximum Gasteiger partial charge on any atom is 0.256 e. The second-order valence-electron chi connectivity index (χ2n) is 7.13. The van der Waals surface area contributed by atoms with Crippen molar-refractivity contribution >= 4 is 11.7 Å². The number of hydrogen-bond acceptors (Lipinski definition) is 4. The Bertz CT molecular complexity index is 917. The second kappa shape index (κ2) is 7.72. The number of H-pyrrole nitrogens is 1. The molecule has 6 heteroatoms. The molecule has 27 heavy (non-hydrogen) atoms. The number of benzene rings is 1. The van der Waals surface area contributed by atoms with Gasteiger partial charge in [0, 0.05) is 36.5 Å². The normalized spacial score (nSPS) is 13.7. The Morgan fingerprint density at radius 2 is 2.07 bits per heavy atom. The summed E-state index contributed by atoms with van der Waals surface area (Å²) in [5.74, 6) is 1.06. The standard InChI is InChI=1S/C21H23N5O/c1-26(14-18-12-19(25-24-18)16-8-9-16)13-15-5-4-6-17(11-15)21(27)23-20-7-2-3-10-22-20/h2-7,10-12,16H,8-9,13-14H2,1H3,(H,24,25)(H,22,23,27). The molecule has 4 rings (SSSR count). The molecular formula is C21H23N5O. The van der Waals surface area contributed by atoms with E-state index >= 15 is 0 Å². The third kappa shape index (κ3) is 4.60. The van der Waals surface area contributed by atoms with Crippen molar-refractivity contribution in [1.29, 1.82) is 0 Å². The van der Waals surface area contributed by atoms with Crippen LogP contribution in [0.1, 0.15) is 46.1 Å². The van der Waals surface area contributed by atoms with E-state index in [0.717, 1.165) is 24.3 Å². The number of pyridine rings is 1. The first-order chi connectivity index (χ1) is 13.2. The number of rotatable bonds is 7. The molecule has 0 atom stereocenters. The van der Waals surface area contributed by atoms with Gasteiger partial charge in [0.05, 0.1) is 5.69 Å². The zero-order valence-electron chi connectivity index (χ0n) is 15.4. The molecule has 6 nitrogen and oxygen atoms in total. The zero-order chi connectivity index (χ0) is 18.6. The van der Waals surface area contributed by atoms with E-state index in [9.17, 15) is 4.79 Å². The third-order valence-electron chi connectivity index (χ3n) is 4.63. The van der Waals surface area contributed by atoms with E-state index < -0.39 is 0 Å². The van der Waals surface area contributed by atoms with Crippen LogP contribution in [0.3, 0.4) is 0 Å². The zero-order valence-corrected chi connectivity index (χ0v) is 15.4. The third-order valence-corrected chi connectivity index (χ3v) is 4.63. The van der Waals surface area contributed by atoms with Gasteiger partial charge in [0.15, 0.2) is 0 Å². The minimum absolute atomic E-state index is 0.152. The number of carbonyl (C=O) groups excluding carboxylic acids is 1. The van der Waals surface area contributed by atoms with Crippen molar-refractivity contribution in [2.24, 2.45) is 0 Å². The molecule has 2 N–H and O–H groups in total. The molecule has 0 spiro atoms. The monoisotopic (exact) mass is 361 g/mol. The lowest BCUT2D eigenvalue weighted by atomic mass is 10.1. The Labute approximate surface area is 158 Å². The van der Waals surface area contributed by atoms with Gasteiger partial charge in [-0.25, -0.2) is 4.98 Å². The lowest BCUT2D eigenvalue weighted by Gasteiger charge is -2.16. The van der Waals surface area contributed by atoms with Gasteiger partial charge in [-0.05, 0) is 55.8 Å². The van der Waals surface area contributed by atoms with E-state index in [0.29, 0.717) is 17.3 Å². The molecule has 0 aliphatic heterocycles. The molecule has 1 fully saturated rings. The van der Waals surface area contributed by atoms with Crippen LogP contribution in [0.5, 0.6) is 0 Å². The molecule has 0 radical (unpaired) electrons. The molecule has 1 aromatic carbocycles. The number of nitrogens with one attached hydrogen (secondary N) is 2. The van der Waals surface area contributed by atoms with E-state index in [4.69, 9.17) is 0 Å². The van der Waals surface area contributed by atoms with Crippen LogP contribution in [-0.4, -0.2) is 33.0 Å². The lowest BCUT2D eigenvalue weighted by molar-refractivity contribution is 0.102. The fourth-order valence-electron chi connectivity index (χ4n) is 3.14. The van der Waals surface area contributed by atoms with Gasteiger partial charge in [-0.2, -0.15) is 5.10 Å². The van der Waals surface area contributed by atoms with Crippen LogP contribution in [0.2, 0.25) is 0 Å². The fraction of sp³-hybridized carbons (Fsp3) is 0.286. The number of anilines is 1. The summed E-state index contributed by atoms with van der Waals surface area (Å²) in [6.45, 7) is 1.55. The molecule has 1 saturated carbocycles. The molecule has 1 aliphatic carbocycles. The number of aromatic amines is 1. The van der Waals surface area contributed by atoms with Crippen LogP contribution < -0.4 is 5.32 Å². The van der Waals surface area contributed by atoms with E-state index in [1.54, 1.807) is 12.3 Å². The molecule has 3 aromatic rings. The van der Waals surface area contributed by atoms with Gasteiger partial charge in [0.1, 0.15) is 5.82 Å². The Hall–Kier alpha value is -2.99. The molecule has 2 aromatic heterocycles. The fourth-order valence-corrected chi connectivity index (χ4v) is 3.14. The Morgan fingerprint density at radius 3 is 2.85 bits per heavy atom. The van der Waals surface area contributed by atoms with Crippen molar-refractivity contribution < 1.29 is 4.79 Å². The van der Waals surface area contributed by atoms with Crippen molar-refractivity contribution in [2.75, 3.05) is 12.4 Å². The van der Waals surface area contributed by atoms with Gasteiger partial charge in [0.2, 0.25) is 0 Å². The average Bonchev–Trinajstić information content (AvgIpc) is 3.42. The maximum atomic E-state index is 12.4. The average molecular weight is 361 g/mol. The van der Waals surface area contributed by atoms with Gasteiger partial charge < -0.3 is 5.32 Å². The molecule has 0 unspecified atom stereocenters. The Balaban J connectivity index is 1.37. The SMILES string of the molecule is CN(Cc1cccc(C(=O)Nc2ccccn2)c1)Cc1cc(C2CC2)n[nH]1. The van der Waals surface area contributed by atoms with Crippen molar-refractivity contribution in [3.63, 3.8) is 0 Å². The van der Waals surface area contributed by atoms with Crippen molar-refractivity contribution in [2.45, 2.75) is 31.8 Å². The smallest absolute Gasteiger partial charge is 0.256 e. The van der Waals surface area contributed by atoms with E-state index in [2.05, 4.69) is 38.5 Å². The van der Waals surface area contributed by atoms with Crippen LogP contribution in [0.4, 0.5) is 5.82 Å². The summed E-state index contributed by atoms with van der Waals surface area (Å²) in [5, 5.41) is 10.4. The van der Waals surface area contributed by atoms with Crippen LogP contribution in [-0.2, 0) is 13.1 Å². The number of carbonyl (C=O) groups is 1. The minimum Gasteiger partial charge on any atom is -0.307 e. The van der Waals surface area contributed by atoms with Gasteiger partial charge in [-0.1, -0.05) is 18.2 Å². The predicted molar refractivity (Wildman–Crippen MR) is 104 cm³/mol. The predicted octanol–water partition coefficient (Wildman–Crippen LogP) is 3.57. The summed E-state index contributed by atoms with van der Waals surface area (Å²) in [6, 6.07) is 15.3. The highest BCUT2D eigenvalue weighted by molar-refractivity contribution is 6.03. The molecule has 1 amide bonds. The van der Waals surface area contributed by atoms with Crippen LogP contribution in [0, 0.1) is 0 Å². The Morgan fingerprint density at radius 1 is 1.19 bits per heavy atom. The summed E-state index contributed by atoms with van der Waals surface area (Å²) >= 11 is 0. The van der Waals surface area contributed by atoms with Crippen molar-refractivity contribution in [3.8, 4) is 0 Å². The van der Waals surface area contributed by atoms with E-state index in [1.165, 1.54) is 18.5 Å². The molecule has 0 saturated heterocycles. The first-order valence-electron chi connectivity index (χ1n) is 9.21. The number of aromatic nitrogens is 3. The Kier molecular flexibility index (Phi) is 4.98. The van der Waals surface area contributed by atoms with Crippen LogP contribution in [0.15, 0.2) is 54.7 Å². The van der Waals surface area contributed by atoms with Gasteiger partial charge in [-0.15, -0.1) is 0 Å². The second-order valence-corrected chi connectivity index (χ2v) is 7.13. The first kappa shape index (κ1) is 17.4. The maximum absolute atomic E-state index is 12.4. The number of nitrogens with zero attached hydrogens (tertiary/aromatic N) is 3. The van der Waals surface area contributed by atoms with Crippen LogP contribution in [0.25, 0.3) is 0 Å². The van der Waals surface area contributed by atoms with E-state index in [1.807, 2.05) is 36.4 Å². The van der Waals surface area contributed by atoms with Gasteiger partial charge in [-0.3, -0.25) is 14.8 Å². The van der Waals surface area contributed by atoms with Crippen molar-refractivity contribution in [1.82, 2.24) is 20.1 Å². The summed E-state index contributed by atoms with van der Waals surface area (Å²) in [4.78, 5) is 18.8. The van der Waals surface area contributed by atoms with Gasteiger partial charge in [0.25, 0.3) is 5.91 Å². The highest BCUT2D eigenvalue weighted by Gasteiger charge is 2.26.